The first-order chi connectivity index (χ1) is 12.2. The molecule has 0 aliphatic rings. The van der Waals surface area contributed by atoms with Crippen molar-refractivity contribution in [1.29, 1.82) is 0 Å². The van der Waals surface area contributed by atoms with E-state index in [0.29, 0.717) is 6.54 Å². The van der Waals surface area contributed by atoms with Gasteiger partial charge in [0.2, 0.25) is 0 Å². The molecule has 1 aromatic carbocycles. The number of unbranched alkanes of at least 4 members (excludes halogenated alkanes) is 1. The molecule has 1 aromatic heterocycles. The molecule has 136 valence electrons. The van der Waals surface area contributed by atoms with Gasteiger partial charge in [0.05, 0.1) is 26.0 Å². The molecule has 0 bridgehead atoms. The maximum atomic E-state index is 5.56. The maximum absolute atomic E-state index is 5.56. The van der Waals surface area contributed by atoms with Crippen molar-refractivity contribution in [3.8, 4) is 0 Å². The van der Waals surface area contributed by atoms with Gasteiger partial charge in [-0.1, -0.05) is 5.11 Å². The fraction of sp³-hybridized carbons (Fsp3) is 0.500. The summed E-state index contributed by atoms with van der Waals surface area (Å²) in [4.78, 5) is 2.19. The first-order valence-corrected chi connectivity index (χ1v) is 8.83. The Hall–Kier alpha value is -2.25. The van der Waals surface area contributed by atoms with E-state index in [0.717, 1.165) is 56.2 Å². The van der Waals surface area contributed by atoms with E-state index in [1.807, 2.05) is 36.1 Å². The second kappa shape index (κ2) is 9.90. The summed E-state index contributed by atoms with van der Waals surface area (Å²) in [7, 11) is 4.05. The van der Waals surface area contributed by atoms with Gasteiger partial charge in [0.1, 0.15) is 5.69 Å². The number of aryl methyl sites for hydroxylation is 2. The van der Waals surface area contributed by atoms with Crippen molar-refractivity contribution in [2.75, 3.05) is 31.6 Å². The summed E-state index contributed by atoms with van der Waals surface area (Å²) in [5.74, 6) is 0.834. The Kier molecular flexibility index (Phi) is 7.56. The SMILES string of the molecule is CN(CCCN)c1ccc(N=Nc2n(CCCCN)cc[n+]2C)cc1. The summed E-state index contributed by atoms with van der Waals surface area (Å²) in [5.41, 5.74) is 13.1. The summed E-state index contributed by atoms with van der Waals surface area (Å²) in [5, 5.41) is 8.81. The lowest BCUT2D eigenvalue weighted by Crippen LogP contribution is -2.25. The number of azo groups is 1. The zero-order chi connectivity index (χ0) is 18.1. The van der Waals surface area contributed by atoms with Crippen LogP contribution < -0.4 is 20.9 Å². The van der Waals surface area contributed by atoms with Crippen molar-refractivity contribution in [3.05, 3.63) is 36.7 Å². The summed E-state index contributed by atoms with van der Waals surface area (Å²) >= 11 is 0. The average Bonchev–Trinajstić information content (AvgIpc) is 2.98. The molecule has 0 radical (unpaired) electrons. The molecule has 0 saturated carbocycles. The number of hydrogen-bond donors (Lipinski definition) is 2. The molecule has 4 N–H and O–H groups in total. The zero-order valence-corrected chi connectivity index (χ0v) is 15.3. The molecule has 7 nitrogen and oxygen atoms in total. The third-order valence-corrected chi connectivity index (χ3v) is 4.14. The third kappa shape index (κ3) is 5.65. The van der Waals surface area contributed by atoms with Gasteiger partial charge in [-0.3, -0.25) is 0 Å². The van der Waals surface area contributed by atoms with Crippen LogP contribution in [0.15, 0.2) is 46.9 Å². The fourth-order valence-electron chi connectivity index (χ4n) is 2.58. The molecule has 7 heteroatoms. The molecule has 0 saturated heterocycles. The van der Waals surface area contributed by atoms with Gasteiger partial charge in [-0.2, -0.15) is 0 Å². The minimum absolute atomic E-state index is 0.707. The molecule has 0 atom stereocenters. The highest BCUT2D eigenvalue weighted by atomic mass is 15.3. The minimum Gasteiger partial charge on any atom is -0.375 e. The molecule has 1 heterocycles. The zero-order valence-electron chi connectivity index (χ0n) is 15.3. The van der Waals surface area contributed by atoms with Gasteiger partial charge in [0.25, 0.3) is 0 Å². The highest BCUT2D eigenvalue weighted by molar-refractivity contribution is 5.52. The van der Waals surface area contributed by atoms with E-state index >= 15 is 0 Å². The Labute approximate surface area is 150 Å². The summed E-state index contributed by atoms with van der Waals surface area (Å²) < 4.78 is 4.08. The summed E-state index contributed by atoms with van der Waals surface area (Å²) in [6.07, 6.45) is 7.05. The van der Waals surface area contributed by atoms with Crippen LogP contribution in [0.5, 0.6) is 0 Å². The molecule has 2 rings (SSSR count). The summed E-state index contributed by atoms with van der Waals surface area (Å²) in [6.45, 7) is 3.27. The quantitative estimate of drug-likeness (QED) is 0.393. The largest absolute Gasteiger partial charge is 0.421 e. The van der Waals surface area contributed by atoms with Crippen LogP contribution in [-0.2, 0) is 13.6 Å². The lowest BCUT2D eigenvalue weighted by molar-refractivity contribution is -0.657. The standard InChI is InChI=1S/C18H30N7/c1-23(12-5-11-20)17-8-6-16(7-9-17)21-22-18-24(2)14-15-25(18)13-4-3-10-19/h6-9,14-15H,3-5,10-13,19-20H2,1-2H3/q+1. The van der Waals surface area contributed by atoms with E-state index in [-0.39, 0.29) is 0 Å². The van der Waals surface area contributed by atoms with Gasteiger partial charge in [-0.15, -0.1) is 0 Å². The van der Waals surface area contributed by atoms with E-state index in [1.165, 1.54) is 0 Å². The number of rotatable bonds is 10. The molecule has 0 amide bonds. The molecule has 0 spiro atoms. The molecular formula is C18H30N7+. The second-order valence-electron chi connectivity index (χ2n) is 6.18. The average molecular weight is 344 g/mol. The Morgan fingerprint density at radius 1 is 1.04 bits per heavy atom. The van der Waals surface area contributed by atoms with E-state index < -0.39 is 0 Å². The van der Waals surface area contributed by atoms with Crippen LogP contribution in [0.2, 0.25) is 0 Å². The van der Waals surface area contributed by atoms with Crippen LogP contribution in [0.25, 0.3) is 0 Å². The van der Waals surface area contributed by atoms with E-state index in [4.69, 9.17) is 11.5 Å². The number of nitrogens with zero attached hydrogens (tertiary/aromatic N) is 5. The van der Waals surface area contributed by atoms with Gasteiger partial charge < -0.3 is 16.4 Å². The molecule has 0 fully saturated rings. The van der Waals surface area contributed by atoms with Gasteiger partial charge in [0, 0.05) is 24.4 Å². The smallest absolute Gasteiger partial charge is 0.375 e. The van der Waals surface area contributed by atoms with Crippen molar-refractivity contribution in [2.45, 2.75) is 25.8 Å². The summed E-state index contributed by atoms with van der Waals surface area (Å²) in [6, 6.07) is 8.09. The van der Waals surface area contributed by atoms with Crippen LogP contribution in [0.4, 0.5) is 17.3 Å². The minimum atomic E-state index is 0.707. The number of imidazole rings is 1. The monoisotopic (exact) mass is 344 g/mol. The van der Waals surface area contributed by atoms with Crippen molar-refractivity contribution in [2.24, 2.45) is 28.7 Å². The Balaban J connectivity index is 2.03. The van der Waals surface area contributed by atoms with E-state index in [2.05, 4.69) is 38.9 Å². The molecular weight excluding hydrogens is 314 g/mol. The van der Waals surface area contributed by atoms with Gasteiger partial charge >= 0.3 is 5.95 Å². The van der Waals surface area contributed by atoms with Gasteiger partial charge in [0.15, 0.2) is 0 Å². The van der Waals surface area contributed by atoms with Crippen molar-refractivity contribution >= 4 is 17.3 Å². The van der Waals surface area contributed by atoms with Gasteiger partial charge in [-0.05, 0) is 56.6 Å². The third-order valence-electron chi connectivity index (χ3n) is 4.14. The van der Waals surface area contributed by atoms with Crippen LogP contribution in [0, 0.1) is 0 Å². The molecule has 0 unspecified atom stereocenters. The molecule has 2 aromatic rings. The molecule has 0 aliphatic carbocycles. The first kappa shape index (κ1) is 19.1. The predicted molar refractivity (Wildman–Crippen MR) is 101 cm³/mol. The van der Waals surface area contributed by atoms with Crippen molar-refractivity contribution < 1.29 is 4.57 Å². The first-order valence-electron chi connectivity index (χ1n) is 8.83. The number of nitrogens with two attached hydrogens (primary N) is 2. The maximum Gasteiger partial charge on any atom is 0.421 e. The van der Waals surface area contributed by atoms with E-state index in [9.17, 15) is 0 Å². The van der Waals surface area contributed by atoms with Crippen LogP contribution in [-0.4, -0.2) is 31.2 Å². The van der Waals surface area contributed by atoms with Crippen LogP contribution >= 0.6 is 0 Å². The molecule has 0 aliphatic heterocycles. The normalized spacial score (nSPS) is 11.4. The Bertz CT molecular complexity index is 661. The lowest BCUT2D eigenvalue weighted by Gasteiger charge is -2.18. The van der Waals surface area contributed by atoms with Gasteiger partial charge in [-0.25, -0.2) is 9.13 Å². The number of hydrogen-bond acceptors (Lipinski definition) is 5. The Morgan fingerprint density at radius 2 is 1.76 bits per heavy atom. The van der Waals surface area contributed by atoms with Crippen molar-refractivity contribution in [3.63, 3.8) is 0 Å². The predicted octanol–water partition coefficient (Wildman–Crippen LogP) is 2.25. The second-order valence-corrected chi connectivity index (χ2v) is 6.18. The Morgan fingerprint density at radius 3 is 2.44 bits per heavy atom. The highest BCUT2D eigenvalue weighted by Gasteiger charge is 2.13. The highest BCUT2D eigenvalue weighted by Crippen LogP contribution is 2.21. The van der Waals surface area contributed by atoms with Crippen LogP contribution in [0.3, 0.4) is 0 Å². The number of anilines is 1. The van der Waals surface area contributed by atoms with E-state index in [1.54, 1.807) is 0 Å². The van der Waals surface area contributed by atoms with Crippen molar-refractivity contribution in [1.82, 2.24) is 4.57 Å². The number of benzene rings is 1. The number of aromatic nitrogens is 2. The van der Waals surface area contributed by atoms with Crippen LogP contribution in [0.1, 0.15) is 19.3 Å². The lowest BCUT2D eigenvalue weighted by atomic mass is 10.2. The topological polar surface area (TPSA) is 88.8 Å². The molecule has 25 heavy (non-hydrogen) atoms. The fourth-order valence-corrected chi connectivity index (χ4v) is 2.58.